The molecule has 0 unspecified atom stereocenters. The number of hydrogen-bond donors (Lipinski definition) is 0. The minimum atomic E-state index is -2.58. The van der Waals surface area contributed by atoms with E-state index in [1.165, 1.54) is 0 Å². The number of aldehydes is 1. The standard InChI is InChI=1S/C10H13NO3/c12-8-4-2-1-3-7-11-9(13)5-6-10(11)14/h5-6,8H,1-4,7H2/i2T2,4T2. The van der Waals surface area contributed by atoms with Gasteiger partial charge in [0.05, 0.1) is 0 Å². The van der Waals surface area contributed by atoms with Gasteiger partial charge in [-0.15, -0.1) is 0 Å². The van der Waals surface area contributed by atoms with Gasteiger partial charge in [0, 0.05) is 30.6 Å². The van der Waals surface area contributed by atoms with Crippen molar-refractivity contribution in [2.45, 2.75) is 25.6 Å². The molecule has 4 nitrogen and oxygen atoms in total. The molecule has 0 fully saturated rings. The highest BCUT2D eigenvalue weighted by atomic mass is 16.2. The Morgan fingerprint density at radius 1 is 1.29 bits per heavy atom. The fraction of sp³-hybridized carbons (Fsp3) is 0.500. The van der Waals surface area contributed by atoms with E-state index >= 15 is 0 Å². The maximum absolute atomic E-state index is 11.2. The SMILES string of the molecule is [3H]C([3H])(C=O)C([3H])([3H])CCCN1C(=O)C=CC1=O. The van der Waals surface area contributed by atoms with Gasteiger partial charge in [0.2, 0.25) is 0 Å². The predicted molar refractivity (Wildman–Crippen MR) is 50.4 cm³/mol. The summed E-state index contributed by atoms with van der Waals surface area (Å²) in [6.07, 6.45) is -2.88. The average molecular weight is 203 g/mol. The lowest BCUT2D eigenvalue weighted by atomic mass is 10.2. The summed E-state index contributed by atoms with van der Waals surface area (Å²) in [6.45, 7) is 0.0130. The first-order valence-electron chi connectivity index (χ1n) is 6.21. The van der Waals surface area contributed by atoms with Crippen molar-refractivity contribution < 1.29 is 19.9 Å². The second-order valence-corrected chi connectivity index (χ2v) is 2.70. The second-order valence-electron chi connectivity index (χ2n) is 2.70. The van der Waals surface area contributed by atoms with Crippen molar-refractivity contribution in [1.29, 1.82) is 0 Å². The minimum Gasteiger partial charge on any atom is -0.303 e. The Labute approximate surface area is 88.2 Å². The maximum atomic E-state index is 11.2. The summed E-state index contributed by atoms with van der Waals surface area (Å²) in [5.74, 6) is -0.919. The van der Waals surface area contributed by atoms with Gasteiger partial charge in [0.25, 0.3) is 11.8 Å². The molecule has 0 atom stereocenters. The summed E-state index contributed by atoms with van der Waals surface area (Å²) in [6, 6.07) is 0. The zero-order chi connectivity index (χ0) is 14.0. The van der Waals surface area contributed by atoms with E-state index in [2.05, 4.69) is 0 Å². The first-order valence-corrected chi connectivity index (χ1v) is 4.21. The quantitative estimate of drug-likeness (QED) is 0.471. The van der Waals surface area contributed by atoms with Gasteiger partial charge < -0.3 is 4.79 Å². The molecule has 0 N–H and O–H groups in total. The lowest BCUT2D eigenvalue weighted by molar-refractivity contribution is -0.136. The van der Waals surface area contributed by atoms with Gasteiger partial charge in [-0.2, -0.15) is 0 Å². The summed E-state index contributed by atoms with van der Waals surface area (Å²) in [7, 11) is 0. The number of amides is 2. The third-order valence-electron chi connectivity index (χ3n) is 1.75. The van der Waals surface area contributed by atoms with Crippen LogP contribution >= 0.6 is 0 Å². The Balaban J connectivity index is 2.50. The van der Waals surface area contributed by atoms with Crippen molar-refractivity contribution in [1.82, 2.24) is 4.90 Å². The zero-order valence-electron chi connectivity index (χ0n) is 11.5. The fourth-order valence-corrected chi connectivity index (χ4v) is 1.09. The van der Waals surface area contributed by atoms with Crippen LogP contribution in [0.2, 0.25) is 0 Å². The van der Waals surface area contributed by atoms with Crippen LogP contribution in [0, 0.1) is 0 Å². The number of carbonyl (C=O) groups excluding carboxylic acids is 3. The third kappa shape index (κ3) is 2.80. The van der Waals surface area contributed by atoms with E-state index in [-0.39, 0.29) is 25.7 Å². The smallest absolute Gasteiger partial charge is 0.253 e. The van der Waals surface area contributed by atoms with Crippen LogP contribution in [0.15, 0.2) is 12.2 Å². The van der Waals surface area contributed by atoms with Crippen molar-refractivity contribution in [3.63, 3.8) is 0 Å². The summed E-state index contributed by atoms with van der Waals surface area (Å²) in [5.41, 5.74) is 0. The fourth-order valence-electron chi connectivity index (χ4n) is 1.09. The number of hydrogen-bond acceptors (Lipinski definition) is 3. The lowest BCUT2D eigenvalue weighted by Crippen LogP contribution is -2.30. The zero-order valence-corrected chi connectivity index (χ0v) is 7.53. The van der Waals surface area contributed by atoms with Crippen LogP contribution in [0.25, 0.3) is 0 Å². The molecule has 0 radical (unpaired) electrons. The van der Waals surface area contributed by atoms with Gasteiger partial charge in [-0.1, -0.05) is 6.42 Å². The Kier molecular flexibility index (Phi) is 2.32. The Morgan fingerprint density at radius 2 is 1.93 bits per heavy atom. The molecule has 0 spiro atoms. The van der Waals surface area contributed by atoms with Crippen LogP contribution < -0.4 is 0 Å². The van der Waals surface area contributed by atoms with Crippen molar-refractivity contribution in [3.05, 3.63) is 12.2 Å². The highest BCUT2D eigenvalue weighted by molar-refractivity contribution is 6.12. The molecule has 1 rings (SSSR count). The van der Waals surface area contributed by atoms with E-state index in [4.69, 9.17) is 5.48 Å². The first-order chi connectivity index (χ1) is 8.21. The molecule has 0 aromatic carbocycles. The molecule has 76 valence electrons. The van der Waals surface area contributed by atoms with Gasteiger partial charge in [0.15, 0.2) is 0 Å². The molecule has 0 aromatic rings. The first kappa shape index (κ1) is 6.11. The Bertz CT molecular complexity index is 388. The molecule has 1 heterocycles. The van der Waals surface area contributed by atoms with E-state index in [9.17, 15) is 14.4 Å². The molecule has 2 amide bonds. The van der Waals surface area contributed by atoms with Crippen LogP contribution in [0.1, 0.15) is 31.1 Å². The van der Waals surface area contributed by atoms with E-state index < -0.39 is 24.6 Å². The molecule has 0 saturated carbocycles. The monoisotopic (exact) mass is 203 g/mol. The minimum absolute atomic E-state index is 0.0130. The Hall–Kier alpha value is -1.45. The molecule has 1 aliphatic heterocycles. The number of carbonyl (C=O) groups is 3. The van der Waals surface area contributed by atoms with Crippen molar-refractivity contribution in [3.8, 4) is 0 Å². The van der Waals surface area contributed by atoms with Gasteiger partial charge >= 0.3 is 0 Å². The van der Waals surface area contributed by atoms with Gasteiger partial charge in [0.1, 0.15) is 6.29 Å². The molecule has 4 heteroatoms. The largest absolute Gasteiger partial charge is 0.303 e. The molecule has 0 saturated heterocycles. The average Bonchev–Trinajstić information content (AvgIpc) is 2.60. The Morgan fingerprint density at radius 3 is 2.50 bits per heavy atom. The van der Waals surface area contributed by atoms with Crippen LogP contribution in [0.3, 0.4) is 0 Å². The highest BCUT2D eigenvalue weighted by Crippen LogP contribution is 2.06. The van der Waals surface area contributed by atoms with Crippen LogP contribution in [0.4, 0.5) is 0 Å². The van der Waals surface area contributed by atoms with Crippen LogP contribution in [0.5, 0.6) is 0 Å². The maximum Gasteiger partial charge on any atom is 0.253 e. The van der Waals surface area contributed by atoms with Gasteiger partial charge in [-0.25, -0.2) is 0 Å². The lowest BCUT2D eigenvalue weighted by Gasteiger charge is -2.12. The molecule has 0 aromatic heterocycles. The summed E-state index contributed by atoms with van der Waals surface area (Å²) < 4.78 is 29.3. The van der Waals surface area contributed by atoms with Crippen LogP contribution in [-0.2, 0) is 14.4 Å². The van der Waals surface area contributed by atoms with Crippen molar-refractivity contribution in [2.24, 2.45) is 0 Å². The predicted octanol–water partition coefficient (Wildman–Crippen LogP) is 0.671. The molecule has 0 aliphatic carbocycles. The summed E-state index contributed by atoms with van der Waals surface area (Å²) >= 11 is 0. The molecule has 1 aliphatic rings. The van der Waals surface area contributed by atoms with E-state index in [0.717, 1.165) is 17.1 Å². The van der Waals surface area contributed by atoms with Gasteiger partial charge in [-0.05, 0) is 12.8 Å². The normalized spacial score (nSPS) is 21.6. The summed E-state index contributed by atoms with van der Waals surface area (Å²) in [4.78, 5) is 33.8. The highest BCUT2D eigenvalue weighted by Gasteiger charge is 2.21. The van der Waals surface area contributed by atoms with Crippen LogP contribution in [-0.4, -0.2) is 29.5 Å². The third-order valence-corrected chi connectivity index (χ3v) is 1.75. The number of rotatable bonds is 6. The topological polar surface area (TPSA) is 54.5 Å². The van der Waals surface area contributed by atoms with Gasteiger partial charge in [-0.3, -0.25) is 14.5 Å². The number of imide groups is 1. The van der Waals surface area contributed by atoms with Crippen molar-refractivity contribution >= 4 is 18.1 Å². The number of nitrogens with zero attached hydrogens (tertiary/aromatic N) is 1. The molecular formula is C10H13NO3. The van der Waals surface area contributed by atoms with E-state index in [0.29, 0.717) is 0 Å². The molecule has 14 heavy (non-hydrogen) atoms. The summed E-state index contributed by atoms with van der Waals surface area (Å²) in [5, 5.41) is 0. The van der Waals surface area contributed by atoms with Crippen molar-refractivity contribution in [2.75, 3.05) is 6.54 Å². The second kappa shape index (κ2) is 5.32. The van der Waals surface area contributed by atoms with E-state index in [1.54, 1.807) is 0 Å². The van der Waals surface area contributed by atoms with E-state index in [1.807, 2.05) is 0 Å². The molecule has 0 bridgehead atoms. The molecular weight excluding hydrogens is 182 g/mol.